The zero-order valence-electron chi connectivity index (χ0n) is 7.86. The lowest BCUT2D eigenvalue weighted by molar-refractivity contribution is 0.152. The third-order valence-electron chi connectivity index (χ3n) is 3.68. The van der Waals surface area contributed by atoms with Crippen molar-refractivity contribution in [1.82, 2.24) is 5.32 Å². The van der Waals surface area contributed by atoms with Crippen LogP contribution in [0.5, 0.6) is 0 Å². The molecule has 0 aromatic heterocycles. The maximum Gasteiger partial charge on any atom is -0.00436 e. The van der Waals surface area contributed by atoms with Crippen molar-refractivity contribution in [2.24, 2.45) is 5.41 Å². The fourth-order valence-electron chi connectivity index (χ4n) is 2.59. The van der Waals surface area contributed by atoms with Crippen molar-refractivity contribution in [3.8, 4) is 0 Å². The van der Waals surface area contributed by atoms with Crippen molar-refractivity contribution in [3.63, 3.8) is 0 Å². The van der Waals surface area contributed by atoms with Gasteiger partial charge in [-0.15, -0.1) is 0 Å². The zero-order chi connectivity index (χ0) is 8.44. The number of nitrogens with one attached hydrogen (secondary N) is 1. The van der Waals surface area contributed by atoms with Crippen LogP contribution in [0.2, 0.25) is 0 Å². The summed E-state index contributed by atoms with van der Waals surface area (Å²) in [4.78, 5) is 0. The highest BCUT2D eigenvalue weighted by atomic mass is 14.9. The van der Waals surface area contributed by atoms with E-state index in [1.807, 2.05) is 0 Å². The Morgan fingerprint density at radius 2 is 1.58 bits per heavy atom. The second-order valence-corrected chi connectivity index (χ2v) is 4.50. The summed E-state index contributed by atoms with van der Waals surface area (Å²) < 4.78 is 0. The monoisotopic (exact) mass is 165 g/mol. The van der Waals surface area contributed by atoms with E-state index in [1.165, 1.54) is 57.2 Å². The van der Waals surface area contributed by atoms with E-state index in [0.29, 0.717) is 5.41 Å². The minimum absolute atomic E-state index is 0.715. The predicted octanol–water partition coefficient (Wildman–Crippen LogP) is 2.49. The van der Waals surface area contributed by atoms with E-state index >= 15 is 0 Å². The summed E-state index contributed by atoms with van der Waals surface area (Å²) in [5, 5.41) is 3.45. The number of piperidine rings is 1. The SMILES string of the molecule is C=C1CCC2(CCNCC2)CC1. The van der Waals surface area contributed by atoms with Crippen LogP contribution in [0, 0.1) is 5.41 Å². The van der Waals surface area contributed by atoms with Gasteiger partial charge in [0, 0.05) is 0 Å². The van der Waals surface area contributed by atoms with Gasteiger partial charge < -0.3 is 5.32 Å². The number of rotatable bonds is 0. The highest BCUT2D eigenvalue weighted by Crippen LogP contribution is 2.44. The molecule has 0 aromatic rings. The fraction of sp³-hybridized carbons (Fsp3) is 0.818. The van der Waals surface area contributed by atoms with Crippen molar-refractivity contribution in [2.45, 2.75) is 38.5 Å². The zero-order valence-corrected chi connectivity index (χ0v) is 7.86. The summed E-state index contributed by atoms with van der Waals surface area (Å²) in [7, 11) is 0. The lowest BCUT2D eigenvalue weighted by Crippen LogP contribution is -2.38. The van der Waals surface area contributed by atoms with Gasteiger partial charge in [0.2, 0.25) is 0 Å². The molecule has 1 saturated heterocycles. The average Bonchev–Trinajstić information content (AvgIpc) is 2.13. The summed E-state index contributed by atoms with van der Waals surface area (Å²) in [5.74, 6) is 0. The highest BCUT2D eigenvalue weighted by molar-refractivity contribution is 5.03. The standard InChI is InChI=1S/C11H19N/c1-10-2-4-11(5-3-10)6-8-12-9-7-11/h12H,1-9H2. The molecular formula is C11H19N. The third kappa shape index (κ3) is 1.56. The van der Waals surface area contributed by atoms with Crippen LogP contribution in [0.3, 0.4) is 0 Å². The predicted molar refractivity (Wildman–Crippen MR) is 52.1 cm³/mol. The summed E-state index contributed by atoms with van der Waals surface area (Å²) in [6.45, 7) is 6.56. The topological polar surface area (TPSA) is 12.0 Å². The average molecular weight is 165 g/mol. The lowest BCUT2D eigenvalue weighted by atomic mass is 9.67. The number of hydrogen-bond donors (Lipinski definition) is 1. The van der Waals surface area contributed by atoms with Crippen LogP contribution in [0.15, 0.2) is 12.2 Å². The molecule has 0 unspecified atom stereocenters. The maximum atomic E-state index is 4.08. The molecule has 0 amide bonds. The molecule has 2 rings (SSSR count). The smallest absolute Gasteiger partial charge is 0.00436 e. The molecule has 1 saturated carbocycles. The maximum absolute atomic E-state index is 4.08. The summed E-state index contributed by atoms with van der Waals surface area (Å²) in [6.07, 6.45) is 8.21. The van der Waals surface area contributed by atoms with Crippen LogP contribution in [-0.4, -0.2) is 13.1 Å². The molecule has 1 aliphatic heterocycles. The van der Waals surface area contributed by atoms with E-state index in [1.54, 1.807) is 0 Å². The van der Waals surface area contributed by atoms with E-state index in [9.17, 15) is 0 Å². The van der Waals surface area contributed by atoms with Gasteiger partial charge in [-0.05, 0) is 57.0 Å². The van der Waals surface area contributed by atoms with E-state index in [0.717, 1.165) is 0 Å². The van der Waals surface area contributed by atoms with E-state index in [2.05, 4.69) is 11.9 Å². The van der Waals surface area contributed by atoms with Gasteiger partial charge >= 0.3 is 0 Å². The Kier molecular flexibility index (Phi) is 2.22. The first-order valence-corrected chi connectivity index (χ1v) is 5.18. The Balaban J connectivity index is 1.96. The van der Waals surface area contributed by atoms with Crippen molar-refractivity contribution in [1.29, 1.82) is 0 Å². The summed E-state index contributed by atoms with van der Waals surface area (Å²) in [5.41, 5.74) is 2.20. The minimum Gasteiger partial charge on any atom is -0.317 e. The van der Waals surface area contributed by atoms with Crippen LogP contribution < -0.4 is 5.32 Å². The van der Waals surface area contributed by atoms with Crippen LogP contribution in [0.25, 0.3) is 0 Å². The molecule has 0 atom stereocenters. The molecule has 12 heavy (non-hydrogen) atoms. The van der Waals surface area contributed by atoms with E-state index in [-0.39, 0.29) is 0 Å². The summed E-state index contributed by atoms with van der Waals surface area (Å²) >= 11 is 0. The number of hydrogen-bond acceptors (Lipinski definition) is 1. The first-order chi connectivity index (χ1) is 5.81. The largest absolute Gasteiger partial charge is 0.317 e. The van der Waals surface area contributed by atoms with Gasteiger partial charge in [0.25, 0.3) is 0 Å². The second kappa shape index (κ2) is 3.21. The molecule has 1 heterocycles. The molecule has 1 heteroatoms. The molecule has 0 aromatic carbocycles. The van der Waals surface area contributed by atoms with Crippen LogP contribution in [-0.2, 0) is 0 Å². The van der Waals surface area contributed by atoms with Crippen molar-refractivity contribution in [3.05, 3.63) is 12.2 Å². The van der Waals surface area contributed by atoms with E-state index in [4.69, 9.17) is 0 Å². The van der Waals surface area contributed by atoms with Crippen molar-refractivity contribution in [2.75, 3.05) is 13.1 Å². The van der Waals surface area contributed by atoms with Gasteiger partial charge in [-0.2, -0.15) is 0 Å². The third-order valence-corrected chi connectivity index (χ3v) is 3.68. The quantitative estimate of drug-likeness (QED) is 0.544. The molecule has 0 radical (unpaired) electrons. The Labute approximate surface area is 75.2 Å². The van der Waals surface area contributed by atoms with Gasteiger partial charge in [-0.25, -0.2) is 0 Å². The van der Waals surface area contributed by atoms with Crippen LogP contribution in [0.4, 0.5) is 0 Å². The van der Waals surface area contributed by atoms with Crippen molar-refractivity contribution >= 4 is 0 Å². The Hall–Kier alpha value is -0.300. The van der Waals surface area contributed by atoms with Gasteiger partial charge in [-0.1, -0.05) is 12.2 Å². The van der Waals surface area contributed by atoms with E-state index < -0.39 is 0 Å². The molecule has 1 nitrogen and oxygen atoms in total. The minimum atomic E-state index is 0.715. The normalized spacial score (nSPS) is 29.2. The molecule has 0 bridgehead atoms. The lowest BCUT2D eigenvalue weighted by Gasteiger charge is -2.41. The Morgan fingerprint density at radius 3 is 2.17 bits per heavy atom. The van der Waals surface area contributed by atoms with Gasteiger partial charge in [0.05, 0.1) is 0 Å². The Bertz CT molecular complexity index is 165. The van der Waals surface area contributed by atoms with Gasteiger partial charge in [0.1, 0.15) is 0 Å². The molecule has 68 valence electrons. The molecule has 1 spiro atoms. The molecule has 2 fully saturated rings. The molecular weight excluding hydrogens is 146 g/mol. The first-order valence-electron chi connectivity index (χ1n) is 5.18. The summed E-state index contributed by atoms with van der Waals surface area (Å²) in [6, 6.07) is 0. The van der Waals surface area contributed by atoms with Gasteiger partial charge in [-0.3, -0.25) is 0 Å². The highest BCUT2D eigenvalue weighted by Gasteiger charge is 2.33. The Morgan fingerprint density at radius 1 is 1.00 bits per heavy atom. The second-order valence-electron chi connectivity index (χ2n) is 4.50. The van der Waals surface area contributed by atoms with Crippen LogP contribution >= 0.6 is 0 Å². The molecule has 1 aliphatic carbocycles. The molecule has 1 N–H and O–H groups in total. The van der Waals surface area contributed by atoms with Crippen LogP contribution in [0.1, 0.15) is 38.5 Å². The fourth-order valence-corrected chi connectivity index (χ4v) is 2.59. The van der Waals surface area contributed by atoms with Crippen molar-refractivity contribution < 1.29 is 0 Å². The number of allylic oxidation sites excluding steroid dienone is 1. The molecule has 2 aliphatic rings. The first kappa shape index (κ1) is 8.31. The van der Waals surface area contributed by atoms with Gasteiger partial charge in [0.15, 0.2) is 0 Å².